The zero-order chi connectivity index (χ0) is 14.5. The standard InChI is InChI=1S/C11H12BrF3N2O2/c12-7-1-2-9(16)8(5-7)10(18)17-3-4-19-6-11(13,14)15/h1-2,5H,3-4,6,16H2,(H,17,18). The number of nitrogens with one attached hydrogen (secondary N) is 1. The van der Waals surface area contributed by atoms with Crippen molar-refractivity contribution in [3.63, 3.8) is 0 Å². The fourth-order valence-electron chi connectivity index (χ4n) is 1.24. The number of carbonyl (C=O) groups excluding carboxylic acids is 1. The van der Waals surface area contributed by atoms with Gasteiger partial charge in [-0.15, -0.1) is 0 Å². The van der Waals surface area contributed by atoms with Gasteiger partial charge < -0.3 is 15.8 Å². The predicted octanol–water partition coefficient (Wildman–Crippen LogP) is 2.34. The summed E-state index contributed by atoms with van der Waals surface area (Å²) in [4.78, 5) is 11.7. The summed E-state index contributed by atoms with van der Waals surface area (Å²) < 4.78 is 40.3. The van der Waals surface area contributed by atoms with Gasteiger partial charge in [-0.1, -0.05) is 15.9 Å². The van der Waals surface area contributed by atoms with Gasteiger partial charge in [0.15, 0.2) is 0 Å². The summed E-state index contributed by atoms with van der Waals surface area (Å²) in [7, 11) is 0. The Bertz CT molecular complexity index is 452. The second-order valence-corrected chi connectivity index (χ2v) is 4.57. The van der Waals surface area contributed by atoms with Crippen LogP contribution in [-0.2, 0) is 4.74 Å². The van der Waals surface area contributed by atoms with Crippen molar-refractivity contribution < 1.29 is 22.7 Å². The molecule has 1 aromatic rings. The fourth-order valence-corrected chi connectivity index (χ4v) is 1.61. The molecular weight excluding hydrogens is 329 g/mol. The lowest BCUT2D eigenvalue weighted by Crippen LogP contribution is -2.29. The molecule has 106 valence electrons. The summed E-state index contributed by atoms with van der Waals surface area (Å²) in [5.74, 6) is -0.464. The van der Waals surface area contributed by atoms with E-state index in [-0.39, 0.29) is 24.4 Å². The van der Waals surface area contributed by atoms with E-state index >= 15 is 0 Å². The number of carbonyl (C=O) groups is 1. The van der Waals surface area contributed by atoms with E-state index in [4.69, 9.17) is 5.73 Å². The van der Waals surface area contributed by atoms with Crippen LogP contribution in [0.1, 0.15) is 10.4 Å². The summed E-state index contributed by atoms with van der Waals surface area (Å²) in [6.45, 7) is -1.58. The summed E-state index contributed by atoms with van der Waals surface area (Å²) in [6, 6.07) is 4.76. The van der Waals surface area contributed by atoms with Crippen molar-refractivity contribution in [3.8, 4) is 0 Å². The molecule has 4 nitrogen and oxygen atoms in total. The van der Waals surface area contributed by atoms with Crippen LogP contribution in [-0.4, -0.2) is 31.8 Å². The predicted molar refractivity (Wildman–Crippen MR) is 67.8 cm³/mol. The van der Waals surface area contributed by atoms with E-state index in [1.807, 2.05) is 0 Å². The number of nitrogens with two attached hydrogens (primary N) is 1. The molecule has 0 heterocycles. The summed E-state index contributed by atoms with van der Waals surface area (Å²) in [5.41, 5.74) is 6.16. The number of hydrogen-bond donors (Lipinski definition) is 2. The van der Waals surface area contributed by atoms with Crippen LogP contribution < -0.4 is 11.1 Å². The third-order valence-corrected chi connectivity index (χ3v) is 2.55. The van der Waals surface area contributed by atoms with Crippen LogP contribution in [0.15, 0.2) is 22.7 Å². The number of anilines is 1. The second kappa shape index (κ2) is 6.76. The maximum Gasteiger partial charge on any atom is 0.411 e. The molecule has 19 heavy (non-hydrogen) atoms. The van der Waals surface area contributed by atoms with Crippen molar-refractivity contribution >= 4 is 27.5 Å². The zero-order valence-electron chi connectivity index (χ0n) is 9.76. The molecule has 0 unspecified atom stereocenters. The quantitative estimate of drug-likeness (QED) is 0.638. The molecule has 0 aliphatic rings. The van der Waals surface area contributed by atoms with Gasteiger partial charge in [-0.3, -0.25) is 4.79 Å². The van der Waals surface area contributed by atoms with Crippen LogP contribution in [0, 0.1) is 0 Å². The first-order chi connectivity index (χ1) is 8.79. The van der Waals surface area contributed by atoms with E-state index in [1.165, 1.54) is 6.07 Å². The van der Waals surface area contributed by atoms with Crippen LogP contribution in [0.3, 0.4) is 0 Å². The molecule has 1 aromatic carbocycles. The fraction of sp³-hybridized carbons (Fsp3) is 0.364. The molecule has 0 spiro atoms. The van der Waals surface area contributed by atoms with Gasteiger partial charge in [0.25, 0.3) is 5.91 Å². The van der Waals surface area contributed by atoms with Crippen molar-refractivity contribution in [2.75, 3.05) is 25.5 Å². The van der Waals surface area contributed by atoms with Crippen LogP contribution in [0.5, 0.6) is 0 Å². The molecule has 0 aliphatic heterocycles. The summed E-state index contributed by atoms with van der Waals surface area (Å²) in [6.07, 6.45) is -4.36. The lowest BCUT2D eigenvalue weighted by atomic mass is 10.1. The molecule has 0 saturated carbocycles. The largest absolute Gasteiger partial charge is 0.411 e. The van der Waals surface area contributed by atoms with Gasteiger partial charge in [-0.2, -0.15) is 13.2 Å². The van der Waals surface area contributed by atoms with Gasteiger partial charge in [0.2, 0.25) is 0 Å². The van der Waals surface area contributed by atoms with Crippen molar-refractivity contribution in [3.05, 3.63) is 28.2 Å². The third-order valence-electron chi connectivity index (χ3n) is 2.06. The maximum absolute atomic E-state index is 11.8. The molecule has 1 amide bonds. The molecule has 0 radical (unpaired) electrons. The summed E-state index contributed by atoms with van der Waals surface area (Å²) in [5, 5.41) is 2.42. The highest BCUT2D eigenvalue weighted by molar-refractivity contribution is 9.10. The Balaban J connectivity index is 2.38. The number of amides is 1. The second-order valence-electron chi connectivity index (χ2n) is 3.66. The van der Waals surface area contributed by atoms with E-state index in [1.54, 1.807) is 12.1 Å². The normalized spacial score (nSPS) is 11.4. The molecular formula is C11H12BrF3N2O2. The van der Waals surface area contributed by atoms with Gasteiger partial charge in [-0.05, 0) is 18.2 Å². The molecule has 0 atom stereocenters. The minimum absolute atomic E-state index is 0.0269. The number of hydrogen-bond acceptors (Lipinski definition) is 3. The third kappa shape index (κ3) is 5.93. The zero-order valence-corrected chi connectivity index (χ0v) is 11.3. The monoisotopic (exact) mass is 340 g/mol. The molecule has 3 N–H and O–H groups in total. The number of alkyl halides is 3. The first-order valence-corrected chi connectivity index (χ1v) is 6.06. The molecule has 0 fully saturated rings. The molecule has 0 aromatic heterocycles. The Kier molecular flexibility index (Phi) is 5.61. The van der Waals surface area contributed by atoms with Crippen LogP contribution in [0.4, 0.5) is 18.9 Å². The molecule has 8 heteroatoms. The molecule has 0 aliphatic carbocycles. The van der Waals surface area contributed by atoms with E-state index in [0.717, 1.165) is 0 Å². The number of halogens is 4. The van der Waals surface area contributed by atoms with Gasteiger partial charge >= 0.3 is 6.18 Å². The molecule has 0 bridgehead atoms. The van der Waals surface area contributed by atoms with Crippen molar-refractivity contribution in [2.45, 2.75) is 6.18 Å². The highest BCUT2D eigenvalue weighted by Gasteiger charge is 2.27. The lowest BCUT2D eigenvalue weighted by molar-refractivity contribution is -0.173. The first kappa shape index (κ1) is 15.8. The van der Waals surface area contributed by atoms with Gasteiger partial charge in [-0.25, -0.2) is 0 Å². The molecule has 1 rings (SSSR count). The minimum Gasteiger partial charge on any atom is -0.398 e. The molecule has 0 saturated heterocycles. The van der Waals surface area contributed by atoms with E-state index in [2.05, 4.69) is 26.0 Å². The minimum atomic E-state index is -4.36. The lowest BCUT2D eigenvalue weighted by Gasteiger charge is -2.09. The summed E-state index contributed by atoms with van der Waals surface area (Å²) >= 11 is 3.19. The van der Waals surface area contributed by atoms with Crippen LogP contribution >= 0.6 is 15.9 Å². The van der Waals surface area contributed by atoms with Gasteiger partial charge in [0.05, 0.1) is 12.2 Å². The van der Waals surface area contributed by atoms with Crippen molar-refractivity contribution in [2.24, 2.45) is 0 Å². The Morgan fingerprint density at radius 2 is 2.11 bits per heavy atom. The Hall–Kier alpha value is -1.28. The highest BCUT2D eigenvalue weighted by Crippen LogP contribution is 2.18. The van der Waals surface area contributed by atoms with E-state index < -0.39 is 18.7 Å². The van der Waals surface area contributed by atoms with Crippen molar-refractivity contribution in [1.29, 1.82) is 0 Å². The SMILES string of the molecule is Nc1ccc(Br)cc1C(=O)NCCOCC(F)(F)F. The Labute approximate surface area is 116 Å². The van der Waals surface area contributed by atoms with Gasteiger partial charge in [0, 0.05) is 16.7 Å². The first-order valence-electron chi connectivity index (χ1n) is 5.27. The number of benzene rings is 1. The van der Waals surface area contributed by atoms with Crippen molar-refractivity contribution in [1.82, 2.24) is 5.32 Å². The van der Waals surface area contributed by atoms with E-state index in [9.17, 15) is 18.0 Å². The van der Waals surface area contributed by atoms with Gasteiger partial charge in [0.1, 0.15) is 6.61 Å². The average molecular weight is 341 g/mol. The smallest absolute Gasteiger partial charge is 0.398 e. The average Bonchev–Trinajstić information content (AvgIpc) is 2.30. The number of ether oxygens (including phenoxy) is 1. The maximum atomic E-state index is 11.8. The topological polar surface area (TPSA) is 64.4 Å². The Morgan fingerprint density at radius 3 is 2.74 bits per heavy atom. The van der Waals surface area contributed by atoms with E-state index in [0.29, 0.717) is 4.47 Å². The highest BCUT2D eigenvalue weighted by atomic mass is 79.9. The number of rotatable bonds is 5. The Morgan fingerprint density at radius 1 is 1.42 bits per heavy atom. The van der Waals surface area contributed by atoms with Crippen LogP contribution in [0.25, 0.3) is 0 Å². The van der Waals surface area contributed by atoms with Crippen LogP contribution in [0.2, 0.25) is 0 Å². The number of nitrogen functional groups attached to an aromatic ring is 1.